The highest BCUT2D eigenvalue weighted by molar-refractivity contribution is 6.45. The molecule has 0 aromatic heterocycles. The predicted octanol–water partition coefficient (Wildman–Crippen LogP) is 1.87. The number of hydrogen-bond acceptors (Lipinski definition) is 6. The van der Waals surface area contributed by atoms with Crippen LogP contribution in [0, 0.1) is 5.41 Å². The molecule has 0 aromatic rings. The molecule has 1 unspecified atom stereocenters. The lowest BCUT2D eigenvalue weighted by Crippen LogP contribution is -2.47. The molecule has 6 nitrogen and oxygen atoms in total. The molecular weight excluding hydrogens is 309 g/mol. The van der Waals surface area contributed by atoms with Gasteiger partial charge in [0, 0.05) is 18.6 Å². The van der Waals surface area contributed by atoms with Crippen molar-refractivity contribution in [1.82, 2.24) is 0 Å². The fraction of sp³-hybridized carbons (Fsp3) is 1.00. The van der Waals surface area contributed by atoms with Crippen molar-refractivity contribution in [3.05, 3.63) is 0 Å². The molecule has 2 aliphatic rings. The van der Waals surface area contributed by atoms with Gasteiger partial charge in [-0.3, -0.25) is 0 Å². The molecule has 0 amide bonds. The number of rotatable bonds is 7. The van der Waals surface area contributed by atoms with Crippen LogP contribution in [-0.4, -0.2) is 55.8 Å². The Morgan fingerprint density at radius 3 is 2.12 bits per heavy atom. The van der Waals surface area contributed by atoms with Gasteiger partial charge in [-0.25, -0.2) is 0 Å². The van der Waals surface area contributed by atoms with Crippen molar-refractivity contribution in [1.29, 1.82) is 0 Å². The van der Waals surface area contributed by atoms with Crippen LogP contribution < -0.4 is 0 Å². The molecule has 0 saturated carbocycles. The van der Waals surface area contributed by atoms with Gasteiger partial charge in [-0.05, 0) is 53.1 Å². The first-order chi connectivity index (χ1) is 11.1. The molecule has 2 rings (SSSR count). The van der Waals surface area contributed by atoms with Crippen LogP contribution in [0.4, 0.5) is 0 Å². The standard InChI is InChI=1S/C15H31B3O6/c1-13(2)15(4,24-16(5)23-13)8-10-18-21-11-14(3,12-22-18)7-6-9-17(19)20/h19-20H,6-12H2,1-5H3. The van der Waals surface area contributed by atoms with E-state index in [9.17, 15) is 0 Å². The van der Waals surface area contributed by atoms with Crippen molar-refractivity contribution in [2.45, 2.75) is 77.6 Å². The fourth-order valence-corrected chi connectivity index (χ4v) is 3.53. The smallest absolute Gasteiger partial charge is 0.427 e. The second-order valence-corrected chi connectivity index (χ2v) is 8.32. The van der Waals surface area contributed by atoms with E-state index >= 15 is 0 Å². The largest absolute Gasteiger partial charge is 0.456 e. The van der Waals surface area contributed by atoms with E-state index in [1.165, 1.54) is 0 Å². The van der Waals surface area contributed by atoms with E-state index in [1.54, 1.807) is 0 Å². The third-order valence-electron chi connectivity index (χ3n) is 5.50. The van der Waals surface area contributed by atoms with Crippen LogP contribution in [0.1, 0.15) is 47.0 Å². The van der Waals surface area contributed by atoms with Gasteiger partial charge in [0.2, 0.25) is 0 Å². The van der Waals surface area contributed by atoms with Gasteiger partial charge in [0.15, 0.2) is 0 Å². The Labute approximate surface area is 147 Å². The predicted molar refractivity (Wildman–Crippen MR) is 95.7 cm³/mol. The maximum atomic E-state index is 8.94. The molecule has 1 atom stereocenters. The minimum atomic E-state index is -1.23. The third kappa shape index (κ3) is 4.99. The lowest BCUT2D eigenvalue weighted by atomic mass is 9.71. The van der Waals surface area contributed by atoms with Gasteiger partial charge in [0.25, 0.3) is 0 Å². The Hall–Kier alpha value is -0.0452. The van der Waals surface area contributed by atoms with E-state index in [-0.39, 0.29) is 30.9 Å². The van der Waals surface area contributed by atoms with Crippen molar-refractivity contribution in [2.75, 3.05) is 13.2 Å². The number of hydrogen-bond donors (Lipinski definition) is 2. The van der Waals surface area contributed by atoms with Crippen LogP contribution in [0.3, 0.4) is 0 Å². The summed E-state index contributed by atoms with van der Waals surface area (Å²) < 4.78 is 23.7. The molecule has 2 N–H and O–H groups in total. The maximum absolute atomic E-state index is 8.94. The summed E-state index contributed by atoms with van der Waals surface area (Å²) in [6.07, 6.45) is 3.57. The molecule has 2 aliphatic heterocycles. The van der Waals surface area contributed by atoms with Gasteiger partial charge in [-0.1, -0.05) is 13.3 Å². The molecule has 2 heterocycles. The molecule has 0 aliphatic carbocycles. The molecule has 0 aromatic carbocycles. The zero-order valence-corrected chi connectivity index (χ0v) is 15.7. The monoisotopic (exact) mass is 340 g/mol. The van der Waals surface area contributed by atoms with E-state index < -0.39 is 7.12 Å². The third-order valence-corrected chi connectivity index (χ3v) is 5.50. The zero-order valence-electron chi connectivity index (χ0n) is 15.7. The summed E-state index contributed by atoms with van der Waals surface area (Å²) in [5.41, 5.74) is -0.742. The van der Waals surface area contributed by atoms with Crippen LogP contribution in [0.2, 0.25) is 19.5 Å². The lowest BCUT2D eigenvalue weighted by Gasteiger charge is -2.39. The van der Waals surface area contributed by atoms with Crippen LogP contribution in [-0.2, 0) is 18.6 Å². The Morgan fingerprint density at radius 1 is 1.00 bits per heavy atom. The van der Waals surface area contributed by atoms with Crippen molar-refractivity contribution in [2.24, 2.45) is 5.41 Å². The molecule has 0 bridgehead atoms. The Bertz CT molecular complexity index is 414. The SMILES string of the molecule is CB1OC(C)(C)C(C)(CCB2OCC(C)(CCCB(O)O)CO2)O1. The van der Waals surface area contributed by atoms with Crippen LogP contribution in [0.5, 0.6) is 0 Å². The van der Waals surface area contributed by atoms with Crippen molar-refractivity contribution in [3.8, 4) is 0 Å². The van der Waals surface area contributed by atoms with Crippen molar-refractivity contribution >= 4 is 21.4 Å². The van der Waals surface area contributed by atoms with E-state index in [2.05, 4.69) is 27.7 Å². The molecule has 2 fully saturated rings. The summed E-state index contributed by atoms with van der Waals surface area (Å²) in [6.45, 7) is 11.5. The average Bonchev–Trinajstić information content (AvgIpc) is 2.66. The fourth-order valence-electron chi connectivity index (χ4n) is 3.53. The van der Waals surface area contributed by atoms with Gasteiger partial charge in [-0.15, -0.1) is 0 Å². The summed E-state index contributed by atoms with van der Waals surface area (Å²) in [6, 6.07) is 0. The molecule has 2 saturated heterocycles. The topological polar surface area (TPSA) is 77.4 Å². The van der Waals surface area contributed by atoms with Crippen LogP contribution in [0.15, 0.2) is 0 Å². The molecule has 136 valence electrons. The highest BCUT2D eigenvalue weighted by Gasteiger charge is 2.52. The quantitative estimate of drug-likeness (QED) is 0.690. The minimum Gasteiger partial charge on any atom is -0.427 e. The van der Waals surface area contributed by atoms with Crippen LogP contribution >= 0.6 is 0 Å². The first-order valence-corrected chi connectivity index (χ1v) is 9.00. The highest BCUT2D eigenvalue weighted by Crippen LogP contribution is 2.41. The second-order valence-electron chi connectivity index (χ2n) is 8.32. The summed E-state index contributed by atoms with van der Waals surface area (Å²) in [7, 11) is -1.64. The molecule has 0 radical (unpaired) electrons. The van der Waals surface area contributed by atoms with Gasteiger partial charge in [-0.2, -0.15) is 0 Å². The van der Waals surface area contributed by atoms with E-state index in [1.807, 2.05) is 6.82 Å². The van der Waals surface area contributed by atoms with Gasteiger partial charge in [0.05, 0.1) is 11.2 Å². The second kappa shape index (κ2) is 7.68. The van der Waals surface area contributed by atoms with Crippen LogP contribution in [0.25, 0.3) is 0 Å². The maximum Gasteiger partial charge on any atom is 0.456 e. The normalized spacial score (nSPS) is 29.1. The molecule has 0 spiro atoms. The van der Waals surface area contributed by atoms with Gasteiger partial charge in [0.1, 0.15) is 0 Å². The Morgan fingerprint density at radius 2 is 1.62 bits per heavy atom. The Balaban J connectivity index is 1.75. The first-order valence-electron chi connectivity index (χ1n) is 9.00. The average molecular weight is 340 g/mol. The lowest BCUT2D eigenvalue weighted by molar-refractivity contribution is -0.0194. The first kappa shape index (κ1) is 20.3. The Kier molecular flexibility index (Phi) is 6.49. The summed E-state index contributed by atoms with van der Waals surface area (Å²) in [5.74, 6) is 0. The molecular formula is C15H31B3O6. The minimum absolute atomic E-state index is 0.0595. The van der Waals surface area contributed by atoms with Crippen molar-refractivity contribution in [3.63, 3.8) is 0 Å². The van der Waals surface area contributed by atoms with Crippen molar-refractivity contribution < 1.29 is 28.7 Å². The summed E-state index contributed by atoms with van der Waals surface area (Å²) in [4.78, 5) is 0. The zero-order chi connectivity index (χ0) is 18.0. The summed E-state index contributed by atoms with van der Waals surface area (Å²) in [5, 5.41) is 17.9. The van der Waals surface area contributed by atoms with E-state index in [0.717, 1.165) is 25.6 Å². The van der Waals surface area contributed by atoms with Gasteiger partial charge < -0.3 is 28.7 Å². The molecule has 9 heteroatoms. The van der Waals surface area contributed by atoms with E-state index in [0.29, 0.717) is 19.5 Å². The van der Waals surface area contributed by atoms with Gasteiger partial charge >= 0.3 is 21.4 Å². The van der Waals surface area contributed by atoms with E-state index in [4.69, 9.17) is 28.7 Å². The molecule has 24 heavy (non-hydrogen) atoms. The highest BCUT2D eigenvalue weighted by atomic mass is 16.7. The summed E-state index contributed by atoms with van der Waals surface area (Å²) >= 11 is 0.